The lowest BCUT2D eigenvalue weighted by Crippen LogP contribution is -2.41. The number of imide groups is 1. The molecule has 2 bridgehead atoms. The number of nitrogens with two attached hydrogens (primary N) is 1. The molecule has 1 aliphatic heterocycles. The van der Waals surface area contributed by atoms with Crippen LogP contribution in [0.25, 0.3) is 0 Å². The van der Waals surface area contributed by atoms with Gasteiger partial charge in [0.1, 0.15) is 0 Å². The van der Waals surface area contributed by atoms with E-state index >= 15 is 0 Å². The van der Waals surface area contributed by atoms with Gasteiger partial charge in [0.2, 0.25) is 11.8 Å². The maximum absolute atomic E-state index is 12.5. The molecule has 108 valence electrons. The molecule has 1 heterocycles. The minimum atomic E-state index is -0.354. The van der Waals surface area contributed by atoms with Crippen LogP contribution >= 0.6 is 0 Å². The molecule has 2 N–H and O–H groups in total. The van der Waals surface area contributed by atoms with Gasteiger partial charge in [0.25, 0.3) is 0 Å². The van der Waals surface area contributed by atoms with Gasteiger partial charge in [0.05, 0.1) is 11.8 Å². The molecule has 4 nitrogen and oxygen atoms in total. The van der Waals surface area contributed by atoms with E-state index in [-0.39, 0.29) is 35.5 Å². The Balaban J connectivity index is 1.86. The number of hydrazine groups is 1. The first-order chi connectivity index (χ1) is 10.7. The maximum Gasteiger partial charge on any atom is 0.248 e. The van der Waals surface area contributed by atoms with Crippen LogP contribution in [0.3, 0.4) is 0 Å². The van der Waals surface area contributed by atoms with Crippen LogP contribution in [0.15, 0.2) is 48.5 Å². The highest BCUT2D eigenvalue weighted by molar-refractivity contribution is 6.07. The molecule has 0 saturated carbocycles. The smallest absolute Gasteiger partial charge is 0.248 e. The largest absolute Gasteiger partial charge is 0.273 e. The van der Waals surface area contributed by atoms with Gasteiger partial charge >= 0.3 is 0 Å². The normalized spacial score (nSPS) is 31.0. The molecular weight excluding hydrogens is 276 g/mol. The van der Waals surface area contributed by atoms with Gasteiger partial charge in [-0.05, 0) is 22.3 Å². The summed E-state index contributed by atoms with van der Waals surface area (Å²) in [4.78, 5) is 25.1. The van der Waals surface area contributed by atoms with Crippen LogP contribution in [0.2, 0.25) is 0 Å². The minimum Gasteiger partial charge on any atom is -0.273 e. The van der Waals surface area contributed by atoms with Crippen LogP contribution in [-0.4, -0.2) is 16.8 Å². The van der Waals surface area contributed by atoms with Crippen molar-refractivity contribution >= 4 is 11.8 Å². The second kappa shape index (κ2) is 3.84. The van der Waals surface area contributed by atoms with E-state index in [9.17, 15) is 9.59 Å². The van der Waals surface area contributed by atoms with Gasteiger partial charge in [-0.15, -0.1) is 0 Å². The van der Waals surface area contributed by atoms with Gasteiger partial charge in [-0.25, -0.2) is 10.9 Å². The number of rotatable bonds is 0. The van der Waals surface area contributed by atoms with Crippen molar-refractivity contribution in [2.45, 2.75) is 11.8 Å². The van der Waals surface area contributed by atoms with E-state index in [0.29, 0.717) is 0 Å². The van der Waals surface area contributed by atoms with Crippen LogP contribution < -0.4 is 5.84 Å². The number of carbonyl (C=O) groups excluding carboxylic acids is 2. The van der Waals surface area contributed by atoms with Gasteiger partial charge in [-0.3, -0.25) is 9.59 Å². The van der Waals surface area contributed by atoms with E-state index in [0.717, 1.165) is 5.01 Å². The quantitative estimate of drug-likeness (QED) is 0.457. The molecule has 1 saturated heterocycles. The third-order valence-electron chi connectivity index (χ3n) is 5.48. The van der Waals surface area contributed by atoms with E-state index in [1.54, 1.807) is 0 Å². The highest BCUT2D eigenvalue weighted by atomic mass is 16.2. The third kappa shape index (κ3) is 1.19. The van der Waals surface area contributed by atoms with E-state index in [4.69, 9.17) is 5.84 Å². The molecule has 0 aromatic heterocycles. The molecule has 0 spiro atoms. The summed E-state index contributed by atoms with van der Waals surface area (Å²) in [6, 6.07) is 16.3. The van der Waals surface area contributed by atoms with Crippen LogP contribution in [0.5, 0.6) is 0 Å². The van der Waals surface area contributed by atoms with E-state index in [1.807, 2.05) is 24.3 Å². The number of benzene rings is 2. The average molecular weight is 290 g/mol. The van der Waals surface area contributed by atoms with Crippen molar-refractivity contribution < 1.29 is 9.59 Å². The van der Waals surface area contributed by atoms with Crippen molar-refractivity contribution in [3.8, 4) is 0 Å². The first-order valence-corrected chi connectivity index (χ1v) is 7.50. The summed E-state index contributed by atoms with van der Waals surface area (Å²) in [7, 11) is 0. The van der Waals surface area contributed by atoms with Gasteiger partial charge in [0.15, 0.2) is 0 Å². The summed E-state index contributed by atoms with van der Waals surface area (Å²) < 4.78 is 0. The zero-order valence-electron chi connectivity index (χ0n) is 11.8. The molecule has 3 aliphatic carbocycles. The molecular formula is C18H14N2O2. The highest BCUT2D eigenvalue weighted by Crippen LogP contribution is 2.60. The molecule has 2 aromatic rings. The molecule has 2 amide bonds. The van der Waals surface area contributed by atoms with Gasteiger partial charge in [0, 0.05) is 11.8 Å². The first-order valence-electron chi connectivity index (χ1n) is 7.50. The topological polar surface area (TPSA) is 63.4 Å². The molecule has 22 heavy (non-hydrogen) atoms. The Morgan fingerprint density at radius 3 is 1.32 bits per heavy atom. The summed E-state index contributed by atoms with van der Waals surface area (Å²) in [5.74, 6) is 4.42. The predicted octanol–water partition coefficient (Wildman–Crippen LogP) is 1.75. The minimum absolute atomic E-state index is 0.0626. The standard InChI is InChI=1S/C18H14N2O2/c19-20-17(21)15-13-9-5-1-2-6-10(9)14(16(15)18(20)22)12-8-4-3-7-11(12)13/h1-8,13-16H,19H2/t13?,14?,15-,16-/m0/s1. The molecule has 2 aromatic carbocycles. The van der Waals surface area contributed by atoms with Crippen molar-refractivity contribution in [3.63, 3.8) is 0 Å². The van der Waals surface area contributed by atoms with Crippen LogP contribution in [-0.2, 0) is 9.59 Å². The summed E-state index contributed by atoms with van der Waals surface area (Å²) in [5.41, 5.74) is 4.68. The fourth-order valence-electron chi connectivity index (χ4n) is 4.70. The first kappa shape index (κ1) is 12.1. The van der Waals surface area contributed by atoms with Crippen molar-refractivity contribution in [2.75, 3.05) is 0 Å². The Bertz CT molecular complexity index is 729. The lowest BCUT2D eigenvalue weighted by Gasteiger charge is -2.45. The number of amides is 2. The molecule has 2 atom stereocenters. The SMILES string of the molecule is NN1C(=O)[C@H]2C3c4ccccc4C(c4ccccc43)[C@@H]2C1=O. The Labute approximate surface area is 127 Å². The Hall–Kier alpha value is -2.46. The predicted molar refractivity (Wildman–Crippen MR) is 79.6 cm³/mol. The fourth-order valence-corrected chi connectivity index (χ4v) is 4.70. The van der Waals surface area contributed by atoms with Gasteiger partial charge in [-0.2, -0.15) is 0 Å². The number of hydrogen-bond acceptors (Lipinski definition) is 3. The highest BCUT2D eigenvalue weighted by Gasteiger charge is 2.61. The Morgan fingerprint density at radius 2 is 1.00 bits per heavy atom. The van der Waals surface area contributed by atoms with E-state index < -0.39 is 0 Å². The van der Waals surface area contributed by atoms with Crippen LogP contribution in [0.1, 0.15) is 34.1 Å². The lowest BCUT2D eigenvalue weighted by atomic mass is 9.55. The zero-order chi connectivity index (χ0) is 15.0. The average Bonchev–Trinajstić information content (AvgIpc) is 2.80. The van der Waals surface area contributed by atoms with Crippen LogP contribution in [0.4, 0.5) is 0 Å². The van der Waals surface area contributed by atoms with Crippen molar-refractivity contribution in [2.24, 2.45) is 17.7 Å². The summed E-state index contributed by atoms with van der Waals surface area (Å²) >= 11 is 0. The summed E-state index contributed by atoms with van der Waals surface area (Å²) in [5, 5.41) is 0.840. The second-order valence-electron chi connectivity index (χ2n) is 6.31. The number of nitrogens with zero attached hydrogens (tertiary/aromatic N) is 1. The Morgan fingerprint density at radius 1 is 0.682 bits per heavy atom. The van der Waals surface area contributed by atoms with E-state index in [1.165, 1.54) is 22.3 Å². The molecule has 0 unspecified atom stereocenters. The van der Waals surface area contributed by atoms with Crippen molar-refractivity contribution in [1.82, 2.24) is 5.01 Å². The molecule has 4 heteroatoms. The maximum atomic E-state index is 12.5. The van der Waals surface area contributed by atoms with Crippen molar-refractivity contribution in [1.29, 1.82) is 0 Å². The van der Waals surface area contributed by atoms with Crippen molar-refractivity contribution in [3.05, 3.63) is 70.8 Å². The lowest BCUT2D eigenvalue weighted by molar-refractivity contribution is -0.140. The Kier molecular flexibility index (Phi) is 2.12. The van der Waals surface area contributed by atoms with Gasteiger partial charge < -0.3 is 0 Å². The van der Waals surface area contributed by atoms with E-state index in [2.05, 4.69) is 24.3 Å². The van der Waals surface area contributed by atoms with Gasteiger partial charge in [-0.1, -0.05) is 48.5 Å². The number of carbonyl (C=O) groups is 2. The zero-order valence-corrected chi connectivity index (χ0v) is 11.8. The number of hydrogen-bond donors (Lipinski definition) is 1. The molecule has 4 aliphatic rings. The monoisotopic (exact) mass is 290 g/mol. The molecule has 1 fully saturated rings. The summed E-state index contributed by atoms with van der Waals surface area (Å²) in [6.45, 7) is 0. The summed E-state index contributed by atoms with van der Waals surface area (Å²) in [6.07, 6.45) is 0. The third-order valence-corrected chi connectivity index (χ3v) is 5.48. The van der Waals surface area contributed by atoms with Crippen LogP contribution in [0, 0.1) is 11.8 Å². The molecule has 6 rings (SSSR count). The second-order valence-corrected chi connectivity index (χ2v) is 6.31. The molecule has 0 radical (unpaired) electrons. The fraction of sp³-hybridized carbons (Fsp3) is 0.222.